The number of carbonyl (C=O) groups excluding carboxylic acids is 1. The van der Waals surface area contributed by atoms with E-state index in [2.05, 4.69) is 58.8 Å². The van der Waals surface area contributed by atoms with Crippen molar-refractivity contribution in [3.63, 3.8) is 0 Å². The van der Waals surface area contributed by atoms with Crippen molar-refractivity contribution in [2.75, 3.05) is 5.32 Å². The minimum atomic E-state index is -0.230. The molecule has 3 aromatic rings. The van der Waals surface area contributed by atoms with Crippen molar-refractivity contribution < 1.29 is 4.79 Å². The van der Waals surface area contributed by atoms with Gasteiger partial charge in [-0.2, -0.15) is 0 Å². The van der Waals surface area contributed by atoms with Gasteiger partial charge in [-0.15, -0.1) is 0 Å². The van der Waals surface area contributed by atoms with Gasteiger partial charge < -0.3 is 9.88 Å². The Morgan fingerprint density at radius 2 is 1.96 bits per heavy atom. The molecule has 0 unspecified atom stereocenters. The highest BCUT2D eigenvalue weighted by atomic mass is 16.1. The highest BCUT2D eigenvalue weighted by Crippen LogP contribution is 2.33. The van der Waals surface area contributed by atoms with Crippen LogP contribution in [0, 0.1) is 6.92 Å². The second-order valence-corrected chi connectivity index (χ2v) is 7.40. The second kappa shape index (κ2) is 7.39. The lowest BCUT2D eigenvalue weighted by Crippen LogP contribution is -2.07. The number of amides is 1. The van der Waals surface area contributed by atoms with Crippen LogP contribution in [0.5, 0.6) is 0 Å². The van der Waals surface area contributed by atoms with Crippen LogP contribution in [-0.4, -0.2) is 15.5 Å². The maximum Gasteiger partial charge on any atom is 0.247 e. The average Bonchev–Trinajstić information content (AvgIpc) is 3.05. The van der Waals surface area contributed by atoms with Gasteiger partial charge in [-0.05, 0) is 61.1 Å². The Balaban J connectivity index is 1.65. The number of pyridine rings is 1. The monoisotopic (exact) mass is 359 g/mol. The van der Waals surface area contributed by atoms with E-state index >= 15 is 0 Å². The summed E-state index contributed by atoms with van der Waals surface area (Å²) in [4.78, 5) is 16.1. The van der Waals surface area contributed by atoms with Gasteiger partial charge in [0, 0.05) is 17.3 Å². The summed E-state index contributed by atoms with van der Waals surface area (Å²) in [5, 5.41) is 3.81. The van der Waals surface area contributed by atoms with Crippen LogP contribution >= 0.6 is 0 Å². The zero-order chi connectivity index (χ0) is 18.8. The van der Waals surface area contributed by atoms with E-state index in [1.54, 1.807) is 6.20 Å². The molecule has 1 N–H and O–H groups in total. The first kappa shape index (κ1) is 17.5. The van der Waals surface area contributed by atoms with Crippen LogP contribution in [0.4, 0.5) is 5.69 Å². The molecule has 138 valence electrons. The fourth-order valence-corrected chi connectivity index (χ4v) is 4.07. The van der Waals surface area contributed by atoms with E-state index in [9.17, 15) is 4.79 Å². The highest BCUT2D eigenvalue weighted by molar-refractivity contribution is 6.00. The number of anilines is 1. The molecule has 0 spiro atoms. The summed E-state index contributed by atoms with van der Waals surface area (Å²) < 4.78 is 2.12. The number of rotatable bonds is 4. The Morgan fingerprint density at radius 1 is 1.22 bits per heavy atom. The van der Waals surface area contributed by atoms with Gasteiger partial charge in [-0.25, -0.2) is 4.98 Å². The molecule has 0 atom stereocenters. The van der Waals surface area contributed by atoms with E-state index in [4.69, 9.17) is 0 Å². The fraction of sp³-hybridized carbons (Fsp3) is 0.304. The SMILES string of the molecule is C=CC(=O)Nc1cnc2c(c1)c(C)cn2-c1ccc(C2CCCCC2)cc1. The van der Waals surface area contributed by atoms with Crippen molar-refractivity contribution in [2.24, 2.45) is 0 Å². The molecule has 4 nitrogen and oxygen atoms in total. The van der Waals surface area contributed by atoms with Crippen molar-refractivity contribution >= 4 is 22.6 Å². The third-order valence-electron chi connectivity index (χ3n) is 5.54. The van der Waals surface area contributed by atoms with Gasteiger partial charge in [0.1, 0.15) is 5.65 Å². The Hall–Kier alpha value is -2.88. The molecule has 1 fully saturated rings. The molecule has 1 amide bonds. The van der Waals surface area contributed by atoms with Crippen molar-refractivity contribution in [3.8, 4) is 5.69 Å². The van der Waals surface area contributed by atoms with E-state index in [0.717, 1.165) is 22.3 Å². The maximum atomic E-state index is 11.5. The van der Waals surface area contributed by atoms with Crippen LogP contribution in [0.25, 0.3) is 16.7 Å². The lowest BCUT2D eigenvalue weighted by atomic mass is 9.84. The van der Waals surface area contributed by atoms with Gasteiger partial charge >= 0.3 is 0 Å². The number of fused-ring (bicyclic) bond motifs is 1. The molecular weight excluding hydrogens is 334 g/mol. The van der Waals surface area contributed by atoms with Gasteiger partial charge in [0.15, 0.2) is 0 Å². The molecule has 2 aromatic heterocycles. The van der Waals surface area contributed by atoms with Crippen molar-refractivity contribution in [1.29, 1.82) is 0 Å². The number of hydrogen-bond acceptors (Lipinski definition) is 2. The first-order valence-corrected chi connectivity index (χ1v) is 9.67. The van der Waals surface area contributed by atoms with E-state index in [1.807, 2.05) is 6.07 Å². The summed E-state index contributed by atoms with van der Waals surface area (Å²) in [6, 6.07) is 10.9. The molecule has 27 heavy (non-hydrogen) atoms. The molecular formula is C23H25N3O. The summed E-state index contributed by atoms with van der Waals surface area (Å²) in [7, 11) is 0. The Bertz CT molecular complexity index is 979. The molecule has 0 saturated heterocycles. The van der Waals surface area contributed by atoms with Crippen LogP contribution in [0.2, 0.25) is 0 Å². The molecule has 0 radical (unpaired) electrons. The van der Waals surface area contributed by atoms with E-state index < -0.39 is 0 Å². The molecule has 0 bridgehead atoms. The normalized spacial score (nSPS) is 15.0. The van der Waals surface area contributed by atoms with Gasteiger partial charge in [-0.1, -0.05) is 38.0 Å². The first-order chi connectivity index (χ1) is 13.2. The lowest BCUT2D eigenvalue weighted by molar-refractivity contribution is -0.111. The molecule has 2 heterocycles. The number of nitrogens with zero attached hydrogens (tertiary/aromatic N) is 2. The van der Waals surface area contributed by atoms with E-state index in [1.165, 1.54) is 43.7 Å². The minimum absolute atomic E-state index is 0.230. The molecule has 1 aliphatic carbocycles. The van der Waals surface area contributed by atoms with Crippen molar-refractivity contribution in [2.45, 2.75) is 44.9 Å². The smallest absolute Gasteiger partial charge is 0.247 e. The Labute approximate surface area is 159 Å². The number of nitrogens with one attached hydrogen (secondary N) is 1. The zero-order valence-electron chi connectivity index (χ0n) is 15.7. The summed E-state index contributed by atoms with van der Waals surface area (Å²) in [6.07, 6.45) is 11.8. The van der Waals surface area contributed by atoms with Gasteiger partial charge in [-0.3, -0.25) is 4.79 Å². The standard InChI is InChI=1S/C23H25N3O/c1-3-22(27)25-19-13-21-16(2)15-26(23(21)24-14-19)20-11-9-18(10-12-20)17-7-5-4-6-8-17/h3,9-15,17H,1,4-8H2,2H3,(H,25,27). The maximum absolute atomic E-state index is 11.5. The van der Waals surface area contributed by atoms with Crippen molar-refractivity contribution in [1.82, 2.24) is 9.55 Å². The summed E-state index contributed by atoms with van der Waals surface area (Å²) >= 11 is 0. The molecule has 0 aliphatic heterocycles. The van der Waals surface area contributed by atoms with E-state index in [0.29, 0.717) is 11.6 Å². The summed E-state index contributed by atoms with van der Waals surface area (Å²) in [5.41, 5.74) is 5.27. The molecule has 1 aromatic carbocycles. The summed E-state index contributed by atoms with van der Waals surface area (Å²) in [5.74, 6) is 0.483. The van der Waals surface area contributed by atoms with Crippen LogP contribution in [0.15, 0.2) is 55.4 Å². The van der Waals surface area contributed by atoms with Gasteiger partial charge in [0.2, 0.25) is 5.91 Å². The molecule has 4 rings (SSSR count). The third-order valence-corrected chi connectivity index (χ3v) is 5.54. The van der Waals surface area contributed by atoms with E-state index in [-0.39, 0.29) is 5.91 Å². The number of aryl methyl sites for hydroxylation is 1. The number of carbonyl (C=O) groups is 1. The second-order valence-electron chi connectivity index (χ2n) is 7.40. The number of aromatic nitrogens is 2. The Kier molecular flexibility index (Phi) is 4.80. The predicted molar refractivity (Wildman–Crippen MR) is 110 cm³/mol. The predicted octanol–water partition coefficient (Wildman–Crippen LogP) is 5.51. The van der Waals surface area contributed by atoms with Crippen LogP contribution < -0.4 is 5.32 Å². The lowest BCUT2D eigenvalue weighted by Gasteiger charge is -2.22. The van der Waals surface area contributed by atoms with Crippen LogP contribution in [-0.2, 0) is 4.79 Å². The first-order valence-electron chi connectivity index (χ1n) is 9.67. The van der Waals surface area contributed by atoms with Gasteiger partial charge in [0.05, 0.1) is 11.9 Å². The number of hydrogen-bond donors (Lipinski definition) is 1. The molecule has 1 saturated carbocycles. The van der Waals surface area contributed by atoms with Gasteiger partial charge in [0.25, 0.3) is 0 Å². The quantitative estimate of drug-likeness (QED) is 0.625. The minimum Gasteiger partial charge on any atom is -0.321 e. The number of benzene rings is 1. The topological polar surface area (TPSA) is 46.9 Å². The molecule has 1 aliphatic rings. The molecule has 4 heteroatoms. The zero-order valence-corrected chi connectivity index (χ0v) is 15.7. The Morgan fingerprint density at radius 3 is 2.67 bits per heavy atom. The van der Waals surface area contributed by atoms with Crippen LogP contribution in [0.1, 0.15) is 49.1 Å². The average molecular weight is 359 g/mol. The van der Waals surface area contributed by atoms with Crippen LogP contribution in [0.3, 0.4) is 0 Å². The largest absolute Gasteiger partial charge is 0.321 e. The van der Waals surface area contributed by atoms with Crippen molar-refractivity contribution in [3.05, 3.63) is 66.5 Å². The highest BCUT2D eigenvalue weighted by Gasteiger charge is 2.16. The third kappa shape index (κ3) is 3.52. The summed E-state index contributed by atoms with van der Waals surface area (Å²) in [6.45, 7) is 5.55. The fourth-order valence-electron chi connectivity index (χ4n) is 4.07.